The molecule has 0 bridgehead atoms. The number of rotatable bonds is 1. The summed E-state index contributed by atoms with van der Waals surface area (Å²) in [7, 11) is -3.29. The molecule has 0 aromatic carbocycles. The molecule has 0 atom stereocenters. The van der Waals surface area contributed by atoms with E-state index in [9.17, 15) is 8.42 Å². The van der Waals surface area contributed by atoms with Gasteiger partial charge in [0.2, 0.25) is 0 Å². The van der Waals surface area contributed by atoms with E-state index in [1.54, 1.807) is 0 Å². The van der Waals surface area contributed by atoms with Crippen LogP contribution in [0.3, 0.4) is 0 Å². The molecule has 0 rings (SSSR count). The van der Waals surface area contributed by atoms with Gasteiger partial charge in [-0.2, -0.15) is 8.42 Å². The van der Waals surface area contributed by atoms with Gasteiger partial charge < -0.3 is 0 Å². The summed E-state index contributed by atoms with van der Waals surface area (Å²) in [6, 6.07) is 0. The van der Waals surface area contributed by atoms with Crippen LogP contribution in [0.2, 0.25) is 0 Å². The van der Waals surface area contributed by atoms with Crippen molar-refractivity contribution < 1.29 is 17.2 Å². The largest absolute Gasteiger partial charge is 0.397 e. The Morgan fingerprint density at radius 3 is 1.62 bits per heavy atom. The van der Waals surface area contributed by atoms with E-state index in [1.165, 1.54) is 0 Å². The van der Waals surface area contributed by atoms with Crippen LogP contribution in [0.15, 0.2) is 0 Å². The highest BCUT2D eigenvalue weighted by molar-refractivity contribution is 8.07. The Hall–Kier alpha value is 0.310. The van der Waals surface area contributed by atoms with Gasteiger partial charge in [-0.3, -0.25) is 8.74 Å². The molecule has 0 fully saturated rings. The smallest absolute Gasteiger partial charge is 0.264 e. The minimum atomic E-state index is -4.16. The minimum Gasteiger partial charge on any atom is -0.264 e. The number of hydrogen-bond acceptors (Lipinski definition) is 5. The fraction of sp³-hybridized carbons (Fsp3) is 1.00. The van der Waals surface area contributed by atoms with Crippen LogP contribution in [0.1, 0.15) is 0 Å². The van der Waals surface area contributed by atoms with Crippen LogP contribution in [0.5, 0.6) is 0 Å². The molecule has 0 radical (unpaired) electrons. The van der Waals surface area contributed by atoms with Crippen LogP contribution in [0, 0.1) is 0 Å². The van der Waals surface area contributed by atoms with Gasteiger partial charge in [0.1, 0.15) is 0 Å². The second-order valence-electron chi connectivity index (χ2n) is 0.594. The minimum absolute atomic E-state index is 0.870. The maximum absolute atomic E-state index is 9.33. The van der Waals surface area contributed by atoms with Gasteiger partial charge in [0.25, 0.3) is 0 Å². The Morgan fingerprint density at radius 1 is 1.50 bits per heavy atom. The van der Waals surface area contributed by atoms with Crippen molar-refractivity contribution in [3.05, 3.63) is 0 Å². The predicted octanol–water partition coefficient (Wildman–Crippen LogP) is -0.569. The van der Waals surface area contributed by atoms with Crippen molar-refractivity contribution >= 4 is 32.8 Å². The summed E-state index contributed by atoms with van der Waals surface area (Å²) in [5.74, 6) is 0. The van der Waals surface area contributed by atoms with E-state index in [-0.39, 0.29) is 0 Å². The van der Waals surface area contributed by atoms with Gasteiger partial charge >= 0.3 is 10.4 Å². The van der Waals surface area contributed by atoms with Crippen molar-refractivity contribution in [2.45, 2.75) is 0 Å². The SMILES string of the molecule is COS(=O)(=O)O.S=S. The molecule has 0 aromatic heterocycles. The Morgan fingerprint density at radius 2 is 1.62 bits per heavy atom. The summed E-state index contributed by atoms with van der Waals surface area (Å²) < 4.78 is 29.7. The van der Waals surface area contributed by atoms with Gasteiger partial charge in [-0.1, -0.05) is 0 Å². The molecule has 0 heterocycles. The standard InChI is InChI=1S/CH4O4S.S2/c1-5-6(2,3)4;1-2/h1H3,(H,2,3,4);. The Labute approximate surface area is 57.5 Å². The number of hydrogen-bond donors (Lipinski definition) is 1. The highest BCUT2D eigenvalue weighted by Crippen LogP contribution is 1.74. The lowest BCUT2D eigenvalue weighted by Crippen LogP contribution is -1.96. The molecular formula is CH4O4S3. The molecule has 50 valence electrons. The predicted molar refractivity (Wildman–Crippen MR) is 33.3 cm³/mol. The molecule has 0 aliphatic heterocycles. The zero-order valence-corrected chi connectivity index (χ0v) is 6.35. The van der Waals surface area contributed by atoms with Crippen molar-refractivity contribution in [1.29, 1.82) is 0 Å². The quantitative estimate of drug-likeness (QED) is 0.540. The van der Waals surface area contributed by atoms with Crippen molar-refractivity contribution in [3.8, 4) is 0 Å². The Kier molecular flexibility index (Phi) is 7.59. The summed E-state index contributed by atoms with van der Waals surface area (Å²) in [4.78, 5) is 0. The van der Waals surface area contributed by atoms with Crippen LogP contribution < -0.4 is 0 Å². The third-order valence-electron chi connectivity index (χ3n) is 0.211. The van der Waals surface area contributed by atoms with E-state index in [1.807, 2.05) is 0 Å². The molecule has 1 N–H and O–H groups in total. The second kappa shape index (κ2) is 5.45. The van der Waals surface area contributed by atoms with Gasteiger partial charge in [0.05, 0.1) is 7.11 Å². The Bertz CT molecular complexity index is 124. The molecule has 0 amide bonds. The molecule has 0 aromatic rings. The lowest BCUT2D eigenvalue weighted by Gasteiger charge is -1.82. The maximum atomic E-state index is 9.33. The zero-order chi connectivity index (χ0) is 7.21. The van der Waals surface area contributed by atoms with Gasteiger partial charge in [0.15, 0.2) is 0 Å². The first-order chi connectivity index (χ1) is 3.56. The fourth-order valence-corrected chi connectivity index (χ4v) is 0. The Balaban J connectivity index is 0. The summed E-state index contributed by atoms with van der Waals surface area (Å²) in [6.45, 7) is 0. The van der Waals surface area contributed by atoms with Crippen LogP contribution in [0.25, 0.3) is 0 Å². The van der Waals surface area contributed by atoms with Crippen molar-refractivity contribution in [2.24, 2.45) is 0 Å². The summed E-state index contributed by atoms with van der Waals surface area (Å²) in [5, 5.41) is 0. The summed E-state index contributed by atoms with van der Waals surface area (Å²) in [5.41, 5.74) is 0. The topological polar surface area (TPSA) is 63.6 Å². The van der Waals surface area contributed by atoms with Crippen LogP contribution >= 0.6 is 0 Å². The van der Waals surface area contributed by atoms with Gasteiger partial charge in [0, 0.05) is 22.4 Å². The zero-order valence-electron chi connectivity index (χ0n) is 3.90. The van der Waals surface area contributed by atoms with E-state index < -0.39 is 10.4 Å². The molecule has 0 aliphatic rings. The molecule has 0 aliphatic carbocycles. The van der Waals surface area contributed by atoms with Gasteiger partial charge in [-0.05, 0) is 0 Å². The van der Waals surface area contributed by atoms with E-state index >= 15 is 0 Å². The summed E-state index contributed by atoms with van der Waals surface area (Å²) >= 11 is 7.33. The molecule has 4 nitrogen and oxygen atoms in total. The van der Waals surface area contributed by atoms with E-state index in [0.29, 0.717) is 0 Å². The van der Waals surface area contributed by atoms with E-state index in [2.05, 4.69) is 26.6 Å². The molecule has 0 unspecified atom stereocenters. The monoisotopic (exact) mass is 176 g/mol. The lowest BCUT2D eigenvalue weighted by atomic mass is 11.8. The normalized spacial score (nSPS) is 9.25. The van der Waals surface area contributed by atoms with Crippen LogP contribution in [-0.2, 0) is 37.0 Å². The second-order valence-corrected chi connectivity index (χ2v) is 1.78. The molecular weight excluding hydrogens is 172 g/mol. The van der Waals surface area contributed by atoms with Crippen LogP contribution in [0.4, 0.5) is 0 Å². The molecule has 0 spiro atoms. The van der Waals surface area contributed by atoms with Crippen molar-refractivity contribution in [3.63, 3.8) is 0 Å². The van der Waals surface area contributed by atoms with E-state index in [4.69, 9.17) is 4.55 Å². The third kappa shape index (κ3) is 16.2. The highest BCUT2D eigenvalue weighted by Gasteiger charge is 1.93. The summed E-state index contributed by atoms with van der Waals surface area (Å²) in [6.07, 6.45) is 0. The van der Waals surface area contributed by atoms with Crippen molar-refractivity contribution in [1.82, 2.24) is 0 Å². The highest BCUT2D eigenvalue weighted by atomic mass is 32.8. The molecule has 0 saturated carbocycles. The first kappa shape index (κ1) is 11.2. The van der Waals surface area contributed by atoms with Gasteiger partial charge in [-0.15, -0.1) is 0 Å². The average molecular weight is 176 g/mol. The van der Waals surface area contributed by atoms with Crippen LogP contribution in [-0.4, -0.2) is 20.1 Å². The molecule has 7 heteroatoms. The average Bonchev–Trinajstić information content (AvgIpc) is 1.71. The maximum Gasteiger partial charge on any atom is 0.397 e. The molecule has 8 heavy (non-hydrogen) atoms. The first-order valence-electron chi connectivity index (χ1n) is 1.26. The van der Waals surface area contributed by atoms with E-state index in [0.717, 1.165) is 7.11 Å². The fourth-order valence-electron chi connectivity index (χ4n) is 0. The molecule has 0 saturated heterocycles. The van der Waals surface area contributed by atoms with Crippen molar-refractivity contribution in [2.75, 3.05) is 7.11 Å². The first-order valence-corrected chi connectivity index (χ1v) is 3.96. The lowest BCUT2D eigenvalue weighted by molar-refractivity contribution is 0.324. The van der Waals surface area contributed by atoms with Gasteiger partial charge in [-0.25, -0.2) is 0 Å². The third-order valence-corrected chi connectivity index (χ3v) is 0.632.